The molecule has 0 atom stereocenters. The second kappa shape index (κ2) is 8.86. The summed E-state index contributed by atoms with van der Waals surface area (Å²) in [4.78, 5) is 52.7. The molecule has 0 radical (unpaired) electrons. The van der Waals surface area contributed by atoms with Crippen molar-refractivity contribution in [2.45, 2.75) is 49.0 Å². The van der Waals surface area contributed by atoms with E-state index in [2.05, 4.69) is 10.6 Å². The van der Waals surface area contributed by atoms with Crippen molar-refractivity contribution in [3.05, 3.63) is 24.3 Å². The normalized spacial score (nSPS) is 17.9. The summed E-state index contributed by atoms with van der Waals surface area (Å²) in [5, 5.41) is 5.47. The van der Waals surface area contributed by atoms with Crippen LogP contribution in [0, 0.1) is 0 Å². The lowest BCUT2D eigenvalue weighted by atomic mass is 9.82. The summed E-state index contributed by atoms with van der Waals surface area (Å²) in [5.74, 6) is -0.539. The van der Waals surface area contributed by atoms with Gasteiger partial charge in [-0.15, -0.1) is 0 Å². The van der Waals surface area contributed by atoms with Crippen LogP contribution < -0.4 is 10.6 Å². The first-order chi connectivity index (χ1) is 13.8. The molecule has 5 amide bonds. The monoisotopic (exact) mass is 418 g/mol. The third-order valence-electron chi connectivity index (χ3n) is 5.24. The number of nitrogens with zero attached hydrogens (tertiary/aromatic N) is 2. The second-order valence-electron chi connectivity index (χ2n) is 7.59. The standard InChI is InChI=1S/C20H26N4O4S/c1-23(2)19(28)29-15-9-5-4-8-14(15)21-16(25)10-13-24-17(26)20(22-18(24)27)11-6-3-7-12-20/h4-5,8-9H,3,6-7,10-13H2,1-2H3,(H,21,25)(H,22,27). The minimum atomic E-state index is -0.776. The third-order valence-corrected chi connectivity index (χ3v) is 6.35. The van der Waals surface area contributed by atoms with Crippen molar-refractivity contribution >= 4 is 40.5 Å². The van der Waals surface area contributed by atoms with Gasteiger partial charge in [0.1, 0.15) is 5.54 Å². The molecule has 1 aliphatic carbocycles. The number of carbonyl (C=O) groups is 4. The summed E-state index contributed by atoms with van der Waals surface area (Å²) in [6.07, 6.45) is 4.22. The average Bonchev–Trinajstić information content (AvgIpc) is 2.91. The molecule has 0 unspecified atom stereocenters. The largest absolute Gasteiger partial charge is 0.339 e. The van der Waals surface area contributed by atoms with E-state index in [4.69, 9.17) is 0 Å². The number of urea groups is 1. The van der Waals surface area contributed by atoms with Gasteiger partial charge in [-0.3, -0.25) is 19.3 Å². The summed E-state index contributed by atoms with van der Waals surface area (Å²) in [7, 11) is 3.32. The predicted molar refractivity (Wildman–Crippen MR) is 111 cm³/mol. The van der Waals surface area contributed by atoms with Crippen molar-refractivity contribution < 1.29 is 19.2 Å². The highest BCUT2D eigenvalue weighted by Gasteiger charge is 2.51. The molecule has 156 valence electrons. The maximum absolute atomic E-state index is 12.8. The number of nitrogens with one attached hydrogen (secondary N) is 2. The number of imide groups is 1. The number of benzene rings is 1. The molecule has 1 aromatic rings. The Kier molecular flexibility index (Phi) is 6.46. The Labute approximate surface area is 174 Å². The highest BCUT2D eigenvalue weighted by atomic mass is 32.2. The zero-order valence-electron chi connectivity index (χ0n) is 16.7. The Morgan fingerprint density at radius 2 is 1.86 bits per heavy atom. The molecule has 9 heteroatoms. The van der Waals surface area contributed by atoms with Gasteiger partial charge in [0.15, 0.2) is 0 Å². The van der Waals surface area contributed by atoms with Crippen LogP contribution in [0.5, 0.6) is 0 Å². The molecule has 2 N–H and O–H groups in total. The van der Waals surface area contributed by atoms with Crippen LogP contribution in [-0.2, 0) is 9.59 Å². The van der Waals surface area contributed by atoms with Crippen LogP contribution in [0.1, 0.15) is 38.5 Å². The highest BCUT2D eigenvalue weighted by molar-refractivity contribution is 8.13. The SMILES string of the molecule is CN(C)C(=O)Sc1ccccc1NC(=O)CCN1C(=O)NC2(CCCCC2)C1=O. The van der Waals surface area contributed by atoms with E-state index in [0.717, 1.165) is 35.9 Å². The first kappa shape index (κ1) is 21.2. The van der Waals surface area contributed by atoms with Gasteiger partial charge in [-0.1, -0.05) is 31.4 Å². The molecular weight excluding hydrogens is 392 g/mol. The fourth-order valence-electron chi connectivity index (χ4n) is 3.64. The van der Waals surface area contributed by atoms with Gasteiger partial charge in [0.2, 0.25) is 5.91 Å². The minimum Gasteiger partial charge on any atom is -0.339 e. The van der Waals surface area contributed by atoms with Gasteiger partial charge in [-0.25, -0.2) is 4.79 Å². The van der Waals surface area contributed by atoms with Gasteiger partial charge in [-0.2, -0.15) is 0 Å². The number of rotatable bonds is 5. The summed E-state index contributed by atoms with van der Waals surface area (Å²) in [6, 6.07) is 6.61. The first-order valence-electron chi connectivity index (χ1n) is 9.74. The van der Waals surface area contributed by atoms with Crippen LogP contribution in [0.3, 0.4) is 0 Å². The molecule has 1 heterocycles. The maximum Gasteiger partial charge on any atom is 0.325 e. The van der Waals surface area contributed by atoms with E-state index in [-0.39, 0.29) is 30.0 Å². The fourth-order valence-corrected chi connectivity index (χ4v) is 4.39. The minimum absolute atomic E-state index is 0.00410. The van der Waals surface area contributed by atoms with Crippen LogP contribution in [0.25, 0.3) is 0 Å². The Morgan fingerprint density at radius 1 is 1.17 bits per heavy atom. The van der Waals surface area contributed by atoms with E-state index >= 15 is 0 Å². The Morgan fingerprint density at radius 3 is 2.55 bits per heavy atom. The zero-order chi connectivity index (χ0) is 21.0. The van der Waals surface area contributed by atoms with Gasteiger partial charge < -0.3 is 15.5 Å². The predicted octanol–water partition coefficient (Wildman–Crippen LogP) is 3.04. The van der Waals surface area contributed by atoms with Crippen molar-refractivity contribution in [2.24, 2.45) is 0 Å². The van der Waals surface area contributed by atoms with Crippen LogP contribution in [0.4, 0.5) is 15.3 Å². The Bertz CT molecular complexity index is 820. The lowest BCUT2D eigenvalue weighted by Crippen LogP contribution is -2.48. The van der Waals surface area contributed by atoms with Crippen molar-refractivity contribution in [1.29, 1.82) is 0 Å². The summed E-state index contributed by atoms with van der Waals surface area (Å²) >= 11 is 1.02. The fraction of sp³-hybridized carbons (Fsp3) is 0.500. The molecule has 2 fully saturated rings. The Balaban J connectivity index is 1.59. The quantitative estimate of drug-likeness (QED) is 0.566. The zero-order valence-corrected chi connectivity index (χ0v) is 17.5. The van der Waals surface area contributed by atoms with Gasteiger partial charge in [0.25, 0.3) is 11.1 Å². The molecule has 1 spiro atoms. The average molecular weight is 419 g/mol. The smallest absolute Gasteiger partial charge is 0.325 e. The number of hydrogen-bond acceptors (Lipinski definition) is 5. The number of amides is 5. The molecule has 1 aliphatic heterocycles. The van der Waals surface area contributed by atoms with Gasteiger partial charge in [-0.05, 0) is 36.7 Å². The van der Waals surface area contributed by atoms with Gasteiger partial charge >= 0.3 is 6.03 Å². The molecule has 1 aromatic carbocycles. The molecule has 1 saturated heterocycles. The van der Waals surface area contributed by atoms with E-state index in [1.54, 1.807) is 38.4 Å². The van der Waals surface area contributed by atoms with Crippen molar-refractivity contribution in [1.82, 2.24) is 15.1 Å². The summed E-state index contributed by atoms with van der Waals surface area (Å²) in [5.41, 5.74) is -0.250. The van der Waals surface area contributed by atoms with E-state index in [9.17, 15) is 19.2 Å². The van der Waals surface area contributed by atoms with Crippen LogP contribution in [-0.4, -0.2) is 59.1 Å². The van der Waals surface area contributed by atoms with E-state index in [1.165, 1.54) is 4.90 Å². The third kappa shape index (κ3) is 4.72. The van der Waals surface area contributed by atoms with Crippen molar-refractivity contribution in [3.63, 3.8) is 0 Å². The lowest BCUT2D eigenvalue weighted by molar-refractivity contribution is -0.132. The number of para-hydroxylation sites is 1. The van der Waals surface area contributed by atoms with Crippen LogP contribution in [0.2, 0.25) is 0 Å². The molecule has 3 rings (SSSR count). The molecule has 29 heavy (non-hydrogen) atoms. The topological polar surface area (TPSA) is 98.8 Å². The van der Waals surface area contributed by atoms with E-state index < -0.39 is 11.6 Å². The van der Waals surface area contributed by atoms with Crippen molar-refractivity contribution in [2.75, 3.05) is 26.0 Å². The number of hydrogen-bond donors (Lipinski definition) is 2. The second-order valence-corrected chi connectivity index (χ2v) is 8.58. The molecule has 2 aliphatic rings. The Hall–Kier alpha value is -2.55. The van der Waals surface area contributed by atoms with E-state index in [0.29, 0.717) is 23.4 Å². The number of thioether (sulfide) groups is 1. The van der Waals surface area contributed by atoms with Crippen molar-refractivity contribution in [3.8, 4) is 0 Å². The number of anilines is 1. The molecule has 0 bridgehead atoms. The highest BCUT2D eigenvalue weighted by Crippen LogP contribution is 2.34. The van der Waals surface area contributed by atoms with Crippen LogP contribution in [0.15, 0.2) is 29.2 Å². The lowest BCUT2D eigenvalue weighted by Gasteiger charge is -2.30. The molecule has 8 nitrogen and oxygen atoms in total. The van der Waals surface area contributed by atoms with Gasteiger partial charge in [0.05, 0.1) is 5.69 Å². The molecule has 1 saturated carbocycles. The maximum atomic E-state index is 12.8. The molecular formula is C20H26N4O4S. The van der Waals surface area contributed by atoms with Crippen LogP contribution >= 0.6 is 11.8 Å². The van der Waals surface area contributed by atoms with Gasteiger partial charge in [0, 0.05) is 32.0 Å². The number of carbonyl (C=O) groups excluding carboxylic acids is 4. The summed E-state index contributed by atoms with van der Waals surface area (Å²) in [6.45, 7) is 0.0319. The van der Waals surface area contributed by atoms with E-state index in [1.807, 2.05) is 0 Å². The molecule has 0 aromatic heterocycles. The first-order valence-corrected chi connectivity index (χ1v) is 10.6. The summed E-state index contributed by atoms with van der Waals surface area (Å²) < 4.78 is 0.